The normalized spacial score (nSPS) is 10.7. The molecule has 31 heavy (non-hydrogen) atoms. The molecule has 2 N–H and O–H groups in total. The average molecular weight is 415 g/mol. The van der Waals surface area contributed by atoms with Crippen LogP contribution in [0.2, 0.25) is 0 Å². The van der Waals surface area contributed by atoms with Gasteiger partial charge in [-0.3, -0.25) is 14.2 Å². The van der Waals surface area contributed by atoms with Crippen LogP contribution in [0.1, 0.15) is 15.9 Å². The quantitative estimate of drug-likeness (QED) is 0.506. The number of H-pyrrole nitrogens is 1. The third-order valence-electron chi connectivity index (χ3n) is 5.06. The molecular weight excluding hydrogens is 394 g/mol. The summed E-state index contributed by atoms with van der Waals surface area (Å²) in [4.78, 5) is 40.6. The first-order chi connectivity index (χ1) is 15.0. The molecule has 0 unspecified atom stereocenters. The molecule has 0 fully saturated rings. The van der Waals surface area contributed by atoms with Gasteiger partial charge >= 0.3 is 5.69 Å². The molecule has 0 aliphatic heterocycles. The summed E-state index contributed by atoms with van der Waals surface area (Å²) in [7, 11) is 1.57. The standard InChI is InChI=1S/C24H21N3O4/c1-31-19-10-8-18(9-11-19)25-22(28)17-7-12-20-21(15-17)26-24(30)27(23(20)29)14-13-16-5-3-2-4-6-16/h2-12,15H,13-14H2,1H3,(H,25,28)(H,26,30). The van der Waals surface area contributed by atoms with E-state index in [2.05, 4.69) is 10.3 Å². The van der Waals surface area contributed by atoms with Crippen molar-refractivity contribution >= 4 is 22.5 Å². The van der Waals surface area contributed by atoms with Crippen LogP contribution in [0.25, 0.3) is 10.9 Å². The van der Waals surface area contributed by atoms with E-state index in [0.29, 0.717) is 34.3 Å². The predicted octanol–water partition coefficient (Wildman–Crippen LogP) is 3.19. The highest BCUT2D eigenvalue weighted by Crippen LogP contribution is 2.17. The molecule has 1 heterocycles. The van der Waals surface area contributed by atoms with Gasteiger partial charge in [0.25, 0.3) is 11.5 Å². The van der Waals surface area contributed by atoms with E-state index >= 15 is 0 Å². The van der Waals surface area contributed by atoms with E-state index in [1.807, 2.05) is 30.3 Å². The van der Waals surface area contributed by atoms with Crippen molar-refractivity contribution in [2.75, 3.05) is 12.4 Å². The minimum absolute atomic E-state index is 0.272. The van der Waals surface area contributed by atoms with E-state index in [1.165, 1.54) is 10.6 Å². The van der Waals surface area contributed by atoms with Crippen molar-refractivity contribution < 1.29 is 9.53 Å². The van der Waals surface area contributed by atoms with Crippen LogP contribution in [-0.2, 0) is 13.0 Å². The molecule has 0 spiro atoms. The summed E-state index contributed by atoms with van der Waals surface area (Å²) in [5, 5.41) is 3.14. The number of rotatable bonds is 6. The summed E-state index contributed by atoms with van der Waals surface area (Å²) in [6, 6.07) is 21.2. The summed E-state index contributed by atoms with van der Waals surface area (Å²) >= 11 is 0. The number of anilines is 1. The Morgan fingerprint density at radius 1 is 1.00 bits per heavy atom. The van der Waals surface area contributed by atoms with Crippen molar-refractivity contribution in [3.8, 4) is 5.75 Å². The van der Waals surface area contributed by atoms with E-state index in [1.54, 1.807) is 43.5 Å². The molecule has 0 bridgehead atoms. The first-order valence-corrected chi connectivity index (χ1v) is 9.81. The Kier molecular flexibility index (Phi) is 5.66. The molecule has 1 aromatic heterocycles. The summed E-state index contributed by atoms with van der Waals surface area (Å²) in [6.07, 6.45) is 0.567. The van der Waals surface area contributed by atoms with Gasteiger partial charge in [0.15, 0.2) is 0 Å². The molecule has 0 saturated heterocycles. The zero-order chi connectivity index (χ0) is 21.8. The number of fused-ring (bicyclic) bond motifs is 1. The molecule has 0 atom stereocenters. The highest BCUT2D eigenvalue weighted by molar-refractivity contribution is 6.06. The van der Waals surface area contributed by atoms with Crippen LogP contribution in [0, 0.1) is 0 Å². The number of carbonyl (C=O) groups excluding carboxylic acids is 1. The third kappa shape index (κ3) is 4.40. The van der Waals surface area contributed by atoms with Crippen molar-refractivity contribution in [3.05, 3.63) is 105 Å². The maximum atomic E-state index is 12.8. The van der Waals surface area contributed by atoms with Crippen LogP contribution in [0.4, 0.5) is 5.69 Å². The SMILES string of the molecule is COc1ccc(NC(=O)c2ccc3c(=O)n(CCc4ccccc4)c(=O)[nH]c3c2)cc1. The number of aryl methyl sites for hydroxylation is 1. The molecule has 4 rings (SSSR count). The number of hydrogen-bond acceptors (Lipinski definition) is 4. The van der Waals surface area contributed by atoms with Crippen molar-refractivity contribution in [2.24, 2.45) is 0 Å². The lowest BCUT2D eigenvalue weighted by Crippen LogP contribution is -2.35. The number of hydrogen-bond donors (Lipinski definition) is 2. The van der Waals surface area contributed by atoms with Gasteiger partial charge in [-0.25, -0.2) is 4.79 Å². The maximum Gasteiger partial charge on any atom is 0.328 e. The average Bonchev–Trinajstić information content (AvgIpc) is 2.79. The van der Waals surface area contributed by atoms with Crippen molar-refractivity contribution in [1.82, 2.24) is 9.55 Å². The van der Waals surface area contributed by atoms with Gasteiger partial charge in [-0.2, -0.15) is 0 Å². The summed E-state index contributed by atoms with van der Waals surface area (Å²) in [5.41, 5.74) is 1.43. The summed E-state index contributed by atoms with van der Waals surface area (Å²) in [5.74, 6) is 0.339. The Balaban J connectivity index is 1.58. The van der Waals surface area contributed by atoms with E-state index in [0.717, 1.165) is 5.56 Å². The van der Waals surface area contributed by atoms with Gasteiger partial charge in [0, 0.05) is 17.8 Å². The number of aromatic amines is 1. The number of benzene rings is 3. The summed E-state index contributed by atoms with van der Waals surface area (Å²) in [6.45, 7) is 0.272. The molecule has 0 aliphatic carbocycles. The van der Waals surface area contributed by atoms with Gasteiger partial charge in [0.2, 0.25) is 0 Å². The Morgan fingerprint density at radius 2 is 1.74 bits per heavy atom. The fraction of sp³-hybridized carbons (Fsp3) is 0.125. The second-order valence-corrected chi connectivity index (χ2v) is 7.07. The topological polar surface area (TPSA) is 93.2 Å². The zero-order valence-corrected chi connectivity index (χ0v) is 16.9. The number of ether oxygens (including phenoxy) is 1. The zero-order valence-electron chi connectivity index (χ0n) is 16.9. The second kappa shape index (κ2) is 8.71. The van der Waals surface area contributed by atoms with Crippen LogP contribution in [0.15, 0.2) is 82.4 Å². The van der Waals surface area contributed by atoms with Gasteiger partial charge in [0.05, 0.1) is 18.0 Å². The Labute approximate surface area is 177 Å². The molecule has 4 aromatic rings. The fourth-order valence-electron chi connectivity index (χ4n) is 3.36. The first-order valence-electron chi connectivity index (χ1n) is 9.81. The van der Waals surface area contributed by atoms with Crippen LogP contribution < -0.4 is 21.3 Å². The van der Waals surface area contributed by atoms with Gasteiger partial charge in [-0.15, -0.1) is 0 Å². The minimum atomic E-state index is -0.499. The van der Waals surface area contributed by atoms with Crippen LogP contribution in [0.3, 0.4) is 0 Å². The van der Waals surface area contributed by atoms with Gasteiger partial charge in [0.1, 0.15) is 5.75 Å². The number of methoxy groups -OCH3 is 1. The van der Waals surface area contributed by atoms with E-state index < -0.39 is 5.69 Å². The number of carbonyl (C=O) groups is 1. The number of aromatic nitrogens is 2. The lowest BCUT2D eigenvalue weighted by molar-refractivity contribution is 0.102. The highest BCUT2D eigenvalue weighted by atomic mass is 16.5. The molecule has 7 heteroatoms. The minimum Gasteiger partial charge on any atom is -0.497 e. The van der Waals surface area contributed by atoms with Crippen molar-refractivity contribution in [2.45, 2.75) is 13.0 Å². The lowest BCUT2D eigenvalue weighted by Gasteiger charge is -2.09. The van der Waals surface area contributed by atoms with E-state index in [9.17, 15) is 14.4 Å². The smallest absolute Gasteiger partial charge is 0.328 e. The van der Waals surface area contributed by atoms with Gasteiger partial charge in [-0.05, 0) is 54.4 Å². The van der Waals surface area contributed by atoms with Crippen LogP contribution >= 0.6 is 0 Å². The Hall–Kier alpha value is -4.13. The molecule has 0 radical (unpaired) electrons. The van der Waals surface area contributed by atoms with Crippen molar-refractivity contribution in [3.63, 3.8) is 0 Å². The number of nitrogens with zero attached hydrogens (tertiary/aromatic N) is 1. The number of nitrogens with one attached hydrogen (secondary N) is 2. The molecule has 1 amide bonds. The Bertz CT molecular complexity index is 1340. The van der Waals surface area contributed by atoms with E-state index in [4.69, 9.17) is 4.74 Å². The lowest BCUT2D eigenvalue weighted by atomic mass is 10.1. The molecule has 156 valence electrons. The monoisotopic (exact) mass is 415 g/mol. The van der Waals surface area contributed by atoms with Crippen LogP contribution in [0.5, 0.6) is 5.75 Å². The molecule has 0 saturated carbocycles. The highest BCUT2D eigenvalue weighted by Gasteiger charge is 2.12. The number of amides is 1. The van der Waals surface area contributed by atoms with Gasteiger partial charge < -0.3 is 15.0 Å². The first kappa shape index (κ1) is 20.2. The molecule has 7 nitrogen and oxygen atoms in total. The second-order valence-electron chi connectivity index (χ2n) is 7.07. The van der Waals surface area contributed by atoms with Crippen LogP contribution in [-0.4, -0.2) is 22.6 Å². The molecule has 0 aliphatic rings. The molecule has 3 aromatic carbocycles. The Morgan fingerprint density at radius 3 is 2.45 bits per heavy atom. The molecular formula is C24H21N3O4. The van der Waals surface area contributed by atoms with Gasteiger partial charge in [-0.1, -0.05) is 30.3 Å². The van der Waals surface area contributed by atoms with E-state index in [-0.39, 0.29) is 18.0 Å². The summed E-state index contributed by atoms with van der Waals surface area (Å²) < 4.78 is 6.29. The fourth-order valence-corrected chi connectivity index (χ4v) is 3.36. The van der Waals surface area contributed by atoms with Crippen molar-refractivity contribution in [1.29, 1.82) is 0 Å². The third-order valence-corrected chi connectivity index (χ3v) is 5.06. The largest absolute Gasteiger partial charge is 0.497 e. The maximum absolute atomic E-state index is 12.8. The predicted molar refractivity (Wildman–Crippen MR) is 120 cm³/mol.